The van der Waals surface area contributed by atoms with Gasteiger partial charge < -0.3 is 26.4 Å². The molecule has 4 atom stereocenters. The molecule has 2 aromatic carbocycles. The first kappa shape index (κ1) is 33.3. The van der Waals surface area contributed by atoms with Crippen molar-refractivity contribution in [3.05, 3.63) is 71.8 Å². The Kier molecular flexibility index (Phi) is 14.4. The fourth-order valence-electron chi connectivity index (χ4n) is 4.24. The maximum absolute atomic E-state index is 13.5. The lowest BCUT2D eigenvalue weighted by Crippen LogP contribution is -2.58. The van der Waals surface area contributed by atoms with Crippen LogP contribution in [0.3, 0.4) is 0 Å². The highest BCUT2D eigenvalue weighted by atomic mass is 32.2. The van der Waals surface area contributed by atoms with Crippen LogP contribution < -0.4 is 21.3 Å². The van der Waals surface area contributed by atoms with E-state index in [4.69, 9.17) is 0 Å². The molecule has 0 aliphatic heterocycles. The van der Waals surface area contributed by atoms with E-state index >= 15 is 0 Å². The summed E-state index contributed by atoms with van der Waals surface area (Å²) in [4.78, 5) is 63.0. The van der Waals surface area contributed by atoms with Crippen LogP contribution in [0.25, 0.3) is 0 Å². The molecule has 0 saturated heterocycles. The number of rotatable bonds is 18. The second-order valence-electron chi connectivity index (χ2n) is 10.1. The summed E-state index contributed by atoms with van der Waals surface area (Å²) in [6, 6.07) is 13.9. The lowest BCUT2D eigenvalue weighted by molar-refractivity contribution is -0.142. The number of hydrogen-bond acceptors (Lipinski definition) is 6. The van der Waals surface area contributed by atoms with E-state index in [1.807, 2.05) is 32.2 Å². The minimum Gasteiger partial charge on any atom is -0.480 e. The van der Waals surface area contributed by atoms with Crippen molar-refractivity contribution in [2.75, 3.05) is 12.0 Å². The summed E-state index contributed by atoms with van der Waals surface area (Å²) < 4.78 is 0. The van der Waals surface area contributed by atoms with Gasteiger partial charge in [-0.1, -0.05) is 74.5 Å². The lowest BCUT2D eigenvalue weighted by atomic mass is 10.00. The van der Waals surface area contributed by atoms with Crippen molar-refractivity contribution in [1.29, 1.82) is 0 Å². The molecule has 2 rings (SSSR count). The number of aliphatic carboxylic acids is 1. The van der Waals surface area contributed by atoms with Gasteiger partial charge >= 0.3 is 5.97 Å². The van der Waals surface area contributed by atoms with Crippen molar-refractivity contribution >= 4 is 41.9 Å². The van der Waals surface area contributed by atoms with E-state index in [1.165, 1.54) is 11.8 Å². The number of carboxylic acid groups (broad SMARTS) is 1. The Hall–Kier alpha value is -3.86. The van der Waals surface area contributed by atoms with Gasteiger partial charge in [0.25, 0.3) is 0 Å². The second-order valence-corrected chi connectivity index (χ2v) is 11.1. The number of carbonyl (C=O) groups excluding carboxylic acids is 4. The Balaban J connectivity index is 2.25. The van der Waals surface area contributed by atoms with Crippen molar-refractivity contribution < 1.29 is 29.1 Å². The fraction of sp³-hybridized carbons (Fsp3) is 0.433. The molecule has 2 aromatic rings. The first-order chi connectivity index (χ1) is 19.6. The van der Waals surface area contributed by atoms with E-state index in [1.54, 1.807) is 48.5 Å². The van der Waals surface area contributed by atoms with Gasteiger partial charge in [-0.2, -0.15) is 11.8 Å². The van der Waals surface area contributed by atoms with Gasteiger partial charge in [0.1, 0.15) is 24.2 Å². The minimum absolute atomic E-state index is 0.0263. The zero-order chi connectivity index (χ0) is 30.2. The molecule has 4 amide bonds. The largest absolute Gasteiger partial charge is 0.480 e. The molecule has 10 nitrogen and oxygen atoms in total. The van der Waals surface area contributed by atoms with Crippen LogP contribution in [-0.4, -0.2) is 71.4 Å². The van der Waals surface area contributed by atoms with Crippen molar-refractivity contribution in [2.45, 2.75) is 63.7 Å². The number of amides is 4. The third-order valence-electron chi connectivity index (χ3n) is 6.35. The average Bonchev–Trinajstić information content (AvgIpc) is 2.94. The fourth-order valence-corrected chi connectivity index (χ4v) is 4.71. The summed E-state index contributed by atoms with van der Waals surface area (Å²) in [5.74, 6) is -2.26. The second kappa shape index (κ2) is 17.8. The number of benzene rings is 2. The Morgan fingerprint density at radius 3 is 1.71 bits per heavy atom. The van der Waals surface area contributed by atoms with Gasteiger partial charge in [0.05, 0.1) is 0 Å². The molecule has 41 heavy (non-hydrogen) atoms. The Morgan fingerprint density at radius 1 is 0.756 bits per heavy atom. The molecule has 0 aliphatic rings. The molecule has 1 unspecified atom stereocenters. The number of hydrogen-bond donors (Lipinski definition) is 5. The summed E-state index contributed by atoms with van der Waals surface area (Å²) in [7, 11) is 0. The number of carbonyl (C=O) groups is 5. The lowest BCUT2D eigenvalue weighted by Gasteiger charge is -2.26. The van der Waals surface area contributed by atoms with E-state index in [0.29, 0.717) is 25.0 Å². The quantitative estimate of drug-likeness (QED) is 0.168. The van der Waals surface area contributed by atoms with Crippen LogP contribution in [0.4, 0.5) is 0 Å². The summed E-state index contributed by atoms with van der Waals surface area (Å²) in [6.45, 7) is 3.80. The van der Waals surface area contributed by atoms with Crippen LogP contribution in [0.5, 0.6) is 0 Å². The maximum Gasteiger partial charge on any atom is 0.326 e. The van der Waals surface area contributed by atoms with Crippen LogP contribution in [0, 0.1) is 5.92 Å². The molecule has 0 aromatic heterocycles. The SMILES string of the molecule is CSCC[C@H](NC=O)C(=O)N[C@@H](CC(C)C)C(=O)N[C@@H](Cc1ccccc1)C(=O)NC(Cc1ccccc1)C(=O)O. The van der Waals surface area contributed by atoms with Crippen LogP contribution >= 0.6 is 11.8 Å². The predicted molar refractivity (Wildman–Crippen MR) is 159 cm³/mol. The van der Waals surface area contributed by atoms with E-state index in [2.05, 4.69) is 21.3 Å². The molecule has 0 fully saturated rings. The van der Waals surface area contributed by atoms with Gasteiger partial charge in [0.2, 0.25) is 24.1 Å². The summed E-state index contributed by atoms with van der Waals surface area (Å²) >= 11 is 1.53. The van der Waals surface area contributed by atoms with E-state index in [-0.39, 0.29) is 18.8 Å². The molecule has 0 spiro atoms. The zero-order valence-electron chi connectivity index (χ0n) is 23.7. The highest BCUT2D eigenvalue weighted by molar-refractivity contribution is 7.98. The Bertz CT molecular complexity index is 1130. The van der Waals surface area contributed by atoms with Gasteiger partial charge in [-0.3, -0.25) is 19.2 Å². The molecule has 0 aliphatic carbocycles. The molecule has 5 N–H and O–H groups in total. The third kappa shape index (κ3) is 12.0. The van der Waals surface area contributed by atoms with Crippen LogP contribution in [0.15, 0.2) is 60.7 Å². The van der Waals surface area contributed by atoms with E-state index in [0.717, 1.165) is 11.1 Å². The van der Waals surface area contributed by atoms with Gasteiger partial charge in [-0.15, -0.1) is 0 Å². The third-order valence-corrected chi connectivity index (χ3v) is 6.99. The van der Waals surface area contributed by atoms with Crippen molar-refractivity contribution in [2.24, 2.45) is 5.92 Å². The van der Waals surface area contributed by atoms with Crippen molar-refractivity contribution in [1.82, 2.24) is 21.3 Å². The zero-order valence-corrected chi connectivity index (χ0v) is 24.5. The van der Waals surface area contributed by atoms with Crippen LogP contribution in [0.1, 0.15) is 37.8 Å². The molecular formula is C30H40N4O6S. The number of carboxylic acids is 1. The van der Waals surface area contributed by atoms with Crippen molar-refractivity contribution in [3.63, 3.8) is 0 Å². The normalized spacial score (nSPS) is 13.8. The molecule has 0 saturated carbocycles. The average molecular weight is 585 g/mol. The standard InChI is InChI=1S/C30H40N4O6S/c1-20(2)16-24(32-27(36)23(31-19-35)14-15-41-3)28(37)33-25(17-21-10-6-4-7-11-21)29(38)34-26(30(39)40)18-22-12-8-5-9-13-22/h4-13,19-20,23-26H,14-18H2,1-3H3,(H,31,35)(H,32,36)(H,33,37)(H,34,38)(H,39,40)/t23-,24-,25-,26?/m0/s1. The summed E-state index contributed by atoms with van der Waals surface area (Å²) in [5.41, 5.74) is 1.50. The van der Waals surface area contributed by atoms with Gasteiger partial charge in [-0.05, 0) is 41.9 Å². The molecule has 0 radical (unpaired) electrons. The van der Waals surface area contributed by atoms with Crippen LogP contribution in [-0.2, 0) is 36.8 Å². The predicted octanol–water partition coefficient (Wildman–Crippen LogP) is 1.92. The Morgan fingerprint density at radius 2 is 1.22 bits per heavy atom. The highest BCUT2D eigenvalue weighted by Crippen LogP contribution is 2.10. The maximum atomic E-state index is 13.5. The minimum atomic E-state index is -1.21. The first-order valence-corrected chi connectivity index (χ1v) is 14.9. The van der Waals surface area contributed by atoms with E-state index in [9.17, 15) is 29.1 Å². The number of thioether (sulfide) groups is 1. The van der Waals surface area contributed by atoms with Gasteiger partial charge in [0.15, 0.2) is 0 Å². The summed E-state index contributed by atoms with van der Waals surface area (Å²) in [5, 5.41) is 20.4. The molecule has 0 heterocycles. The topological polar surface area (TPSA) is 154 Å². The monoisotopic (exact) mass is 584 g/mol. The summed E-state index contributed by atoms with van der Waals surface area (Å²) in [6.07, 6.45) is 3.20. The van der Waals surface area contributed by atoms with Crippen LogP contribution in [0.2, 0.25) is 0 Å². The molecule has 11 heteroatoms. The van der Waals surface area contributed by atoms with E-state index < -0.39 is 47.9 Å². The highest BCUT2D eigenvalue weighted by Gasteiger charge is 2.31. The van der Waals surface area contributed by atoms with Crippen molar-refractivity contribution in [3.8, 4) is 0 Å². The Labute approximate surface area is 245 Å². The van der Waals surface area contributed by atoms with Gasteiger partial charge in [-0.25, -0.2) is 4.79 Å². The smallest absolute Gasteiger partial charge is 0.326 e. The first-order valence-electron chi connectivity index (χ1n) is 13.5. The van der Waals surface area contributed by atoms with Gasteiger partial charge in [0, 0.05) is 12.8 Å². The molecule has 222 valence electrons. The molecule has 0 bridgehead atoms. The number of nitrogens with one attached hydrogen (secondary N) is 4. The molecular weight excluding hydrogens is 544 g/mol.